The summed E-state index contributed by atoms with van der Waals surface area (Å²) in [4.78, 5) is 27.6. The molecule has 0 bridgehead atoms. The highest BCUT2D eigenvalue weighted by Gasteiger charge is 2.31. The third-order valence-electron chi connectivity index (χ3n) is 5.10. The summed E-state index contributed by atoms with van der Waals surface area (Å²) in [5, 5.41) is 7.02. The lowest BCUT2D eigenvalue weighted by molar-refractivity contribution is -0.125. The molecule has 3 rings (SSSR count). The fourth-order valence-corrected chi connectivity index (χ4v) is 4.14. The minimum absolute atomic E-state index is 0.0318. The van der Waals surface area contributed by atoms with Crippen LogP contribution in [0.2, 0.25) is 0 Å². The molecule has 1 aliphatic heterocycles. The van der Waals surface area contributed by atoms with Crippen LogP contribution in [0.4, 0.5) is 0 Å². The lowest BCUT2D eigenvalue weighted by Gasteiger charge is -2.30. The van der Waals surface area contributed by atoms with Crippen molar-refractivity contribution in [2.45, 2.75) is 58.0 Å². The average Bonchev–Trinajstić information content (AvgIpc) is 3.12. The van der Waals surface area contributed by atoms with Crippen LogP contribution in [0.15, 0.2) is 41.1 Å². The molecule has 5 heteroatoms. The van der Waals surface area contributed by atoms with Crippen LogP contribution in [-0.2, 0) is 17.8 Å². The van der Waals surface area contributed by atoms with Crippen molar-refractivity contribution < 1.29 is 9.59 Å². The third kappa shape index (κ3) is 5.19. The fourth-order valence-electron chi connectivity index (χ4n) is 3.48. The van der Waals surface area contributed by atoms with Crippen LogP contribution < -0.4 is 5.32 Å². The van der Waals surface area contributed by atoms with Crippen molar-refractivity contribution in [3.8, 4) is 0 Å². The molecule has 2 heterocycles. The number of rotatable bonds is 7. The number of unbranched alkanes of at least 4 members (excludes halogenated alkanes) is 1. The third-order valence-corrected chi connectivity index (χ3v) is 5.83. The Labute approximate surface area is 165 Å². The summed E-state index contributed by atoms with van der Waals surface area (Å²) in [6.07, 6.45) is 5.98. The maximum absolute atomic E-state index is 13.3. The molecular weight excluding hydrogens is 356 g/mol. The first-order chi connectivity index (χ1) is 13.2. The first kappa shape index (κ1) is 19.6. The van der Waals surface area contributed by atoms with Crippen molar-refractivity contribution in [1.29, 1.82) is 0 Å². The fraction of sp³-hybridized carbons (Fsp3) is 0.455. The molecule has 2 aromatic rings. The van der Waals surface area contributed by atoms with Gasteiger partial charge < -0.3 is 10.2 Å². The normalized spacial score (nSPS) is 17.2. The van der Waals surface area contributed by atoms with Gasteiger partial charge in [0.25, 0.3) is 5.91 Å². The quantitative estimate of drug-likeness (QED) is 0.769. The van der Waals surface area contributed by atoms with E-state index in [0.717, 1.165) is 44.1 Å². The molecule has 0 spiro atoms. The summed E-state index contributed by atoms with van der Waals surface area (Å²) in [5.41, 5.74) is 2.98. The van der Waals surface area contributed by atoms with E-state index in [1.807, 2.05) is 41.1 Å². The minimum Gasteiger partial charge on any atom is -0.354 e. The molecule has 4 nitrogen and oxygen atoms in total. The van der Waals surface area contributed by atoms with Crippen LogP contribution in [0.1, 0.15) is 60.5 Å². The predicted octanol–water partition coefficient (Wildman–Crippen LogP) is 4.40. The van der Waals surface area contributed by atoms with E-state index in [1.165, 1.54) is 5.56 Å². The Morgan fingerprint density at radius 3 is 2.70 bits per heavy atom. The molecule has 1 fully saturated rings. The van der Waals surface area contributed by atoms with E-state index in [0.29, 0.717) is 18.7 Å². The number of hydrogen-bond acceptors (Lipinski definition) is 3. The van der Waals surface area contributed by atoms with Gasteiger partial charge in [-0.2, -0.15) is 11.3 Å². The first-order valence-corrected chi connectivity index (χ1v) is 10.8. The van der Waals surface area contributed by atoms with Gasteiger partial charge in [0, 0.05) is 18.7 Å². The highest BCUT2D eigenvalue weighted by atomic mass is 32.1. The maximum Gasteiger partial charge on any atom is 0.254 e. The number of nitrogens with zero attached hydrogens (tertiary/aromatic N) is 1. The number of carbonyl (C=O) groups is 2. The second kappa shape index (κ2) is 9.70. The Morgan fingerprint density at radius 1 is 1.19 bits per heavy atom. The molecule has 144 valence electrons. The monoisotopic (exact) mass is 384 g/mol. The molecule has 1 aliphatic rings. The van der Waals surface area contributed by atoms with Gasteiger partial charge in [0.1, 0.15) is 6.04 Å². The van der Waals surface area contributed by atoms with E-state index in [2.05, 4.69) is 12.2 Å². The molecular formula is C22H28N2O2S. The number of thiophene rings is 1. The maximum atomic E-state index is 13.3. The zero-order chi connectivity index (χ0) is 19.1. The van der Waals surface area contributed by atoms with Gasteiger partial charge in [0.2, 0.25) is 5.91 Å². The molecule has 1 unspecified atom stereocenters. The van der Waals surface area contributed by atoms with Gasteiger partial charge in [0.15, 0.2) is 0 Å². The van der Waals surface area contributed by atoms with Gasteiger partial charge in [-0.1, -0.05) is 25.5 Å². The van der Waals surface area contributed by atoms with Gasteiger partial charge in [-0.05, 0) is 72.2 Å². The largest absolute Gasteiger partial charge is 0.354 e. The zero-order valence-corrected chi connectivity index (χ0v) is 16.8. The molecule has 2 amide bonds. The lowest BCUT2D eigenvalue weighted by atomic mass is 10.0. The number of amides is 2. The van der Waals surface area contributed by atoms with Crippen molar-refractivity contribution in [3.63, 3.8) is 0 Å². The number of hydrogen-bond donors (Lipinski definition) is 1. The Balaban J connectivity index is 1.82. The second-order valence-corrected chi connectivity index (χ2v) is 7.95. The van der Waals surface area contributed by atoms with E-state index in [9.17, 15) is 9.59 Å². The summed E-state index contributed by atoms with van der Waals surface area (Å²) in [5.74, 6) is -0.0964. The Hall–Kier alpha value is -2.14. The Kier molecular flexibility index (Phi) is 7.04. The Morgan fingerprint density at radius 2 is 2.00 bits per heavy atom. The minimum atomic E-state index is -0.403. The van der Waals surface area contributed by atoms with Crippen molar-refractivity contribution in [3.05, 3.63) is 57.8 Å². The highest BCUT2D eigenvalue weighted by molar-refractivity contribution is 7.07. The smallest absolute Gasteiger partial charge is 0.254 e. The van der Waals surface area contributed by atoms with Crippen LogP contribution in [0.3, 0.4) is 0 Å². The first-order valence-electron chi connectivity index (χ1n) is 9.87. The topological polar surface area (TPSA) is 49.4 Å². The van der Waals surface area contributed by atoms with Crippen LogP contribution >= 0.6 is 11.3 Å². The van der Waals surface area contributed by atoms with E-state index in [-0.39, 0.29) is 11.8 Å². The SMILES string of the molecule is CCCCc1ccc(C(=O)N(Cc2ccsc2)C2CCCCNC2=O)cc1. The molecule has 0 radical (unpaired) electrons. The van der Waals surface area contributed by atoms with Crippen LogP contribution in [-0.4, -0.2) is 29.3 Å². The summed E-state index contributed by atoms with van der Waals surface area (Å²) in [6, 6.07) is 9.51. The van der Waals surface area contributed by atoms with E-state index >= 15 is 0 Å². The van der Waals surface area contributed by atoms with Crippen LogP contribution in [0.5, 0.6) is 0 Å². The lowest BCUT2D eigenvalue weighted by Crippen LogP contribution is -2.48. The molecule has 0 saturated carbocycles. The van der Waals surface area contributed by atoms with Crippen LogP contribution in [0, 0.1) is 0 Å². The summed E-state index contributed by atoms with van der Waals surface area (Å²) in [7, 11) is 0. The standard InChI is InChI=1S/C22H28N2O2S/c1-2-3-6-17-8-10-19(11-9-17)22(26)24(15-18-12-14-27-16-18)20-7-4-5-13-23-21(20)25/h8-12,14,16,20H,2-7,13,15H2,1H3,(H,23,25). The number of nitrogens with one attached hydrogen (secondary N) is 1. The van der Waals surface area contributed by atoms with E-state index in [4.69, 9.17) is 0 Å². The zero-order valence-electron chi connectivity index (χ0n) is 15.9. The van der Waals surface area contributed by atoms with Gasteiger partial charge in [0.05, 0.1) is 0 Å². The molecule has 1 aromatic carbocycles. The Bertz CT molecular complexity index is 740. The van der Waals surface area contributed by atoms with Crippen LogP contribution in [0.25, 0.3) is 0 Å². The van der Waals surface area contributed by atoms with Crippen molar-refractivity contribution in [1.82, 2.24) is 10.2 Å². The highest BCUT2D eigenvalue weighted by Crippen LogP contribution is 2.21. The van der Waals surface area contributed by atoms with E-state index < -0.39 is 6.04 Å². The average molecular weight is 385 g/mol. The summed E-state index contributed by atoms with van der Waals surface area (Å²) < 4.78 is 0. The van der Waals surface area contributed by atoms with Crippen molar-refractivity contribution in [2.24, 2.45) is 0 Å². The van der Waals surface area contributed by atoms with E-state index in [1.54, 1.807) is 16.2 Å². The molecule has 1 aromatic heterocycles. The van der Waals surface area contributed by atoms with Gasteiger partial charge in [-0.25, -0.2) is 0 Å². The molecule has 27 heavy (non-hydrogen) atoms. The number of carbonyl (C=O) groups excluding carboxylic acids is 2. The molecule has 1 N–H and O–H groups in total. The second-order valence-electron chi connectivity index (χ2n) is 7.17. The van der Waals surface area contributed by atoms with Gasteiger partial charge >= 0.3 is 0 Å². The molecule has 1 saturated heterocycles. The molecule has 0 aliphatic carbocycles. The van der Waals surface area contributed by atoms with Crippen molar-refractivity contribution in [2.75, 3.05) is 6.54 Å². The number of benzene rings is 1. The number of aryl methyl sites for hydroxylation is 1. The van der Waals surface area contributed by atoms with Crippen molar-refractivity contribution >= 4 is 23.2 Å². The van der Waals surface area contributed by atoms with Gasteiger partial charge in [-0.3, -0.25) is 9.59 Å². The van der Waals surface area contributed by atoms with Gasteiger partial charge in [-0.15, -0.1) is 0 Å². The summed E-state index contributed by atoms with van der Waals surface area (Å²) >= 11 is 1.61. The summed E-state index contributed by atoms with van der Waals surface area (Å²) in [6.45, 7) is 3.35. The predicted molar refractivity (Wildman–Crippen MR) is 110 cm³/mol. The molecule has 1 atom stereocenters.